The van der Waals surface area contributed by atoms with E-state index in [4.69, 9.17) is 0 Å². The van der Waals surface area contributed by atoms with Gasteiger partial charge in [0.15, 0.2) is 0 Å². The number of hydrogen-bond acceptors (Lipinski definition) is 3. The third-order valence-corrected chi connectivity index (χ3v) is 4.33. The van der Waals surface area contributed by atoms with Gasteiger partial charge in [0.1, 0.15) is 11.4 Å². The molecule has 7 nitrogen and oxygen atoms in total. The van der Waals surface area contributed by atoms with Crippen LogP contribution in [0.2, 0.25) is 0 Å². The Hall–Kier alpha value is -2.83. The number of imidazole rings is 1. The fourth-order valence-electron chi connectivity index (χ4n) is 2.67. The van der Waals surface area contributed by atoms with Crippen LogP contribution in [0.15, 0.2) is 43.1 Å². The van der Waals surface area contributed by atoms with Crippen molar-refractivity contribution in [1.29, 1.82) is 0 Å². The second-order valence-electron chi connectivity index (χ2n) is 7.32. The molecule has 0 aliphatic rings. The molecule has 1 amide bonds. The molecule has 3 aromatic rings. The zero-order valence-electron chi connectivity index (χ0n) is 15.0. The molecule has 0 saturated carbocycles. The monoisotopic (exact) mass is 340 g/mol. The Kier molecular flexibility index (Phi) is 4.48. The Balaban J connectivity index is 1.75. The van der Waals surface area contributed by atoms with Gasteiger partial charge in [-0.25, -0.2) is 4.98 Å². The Morgan fingerprint density at radius 3 is 2.76 bits per heavy atom. The molecule has 2 N–H and O–H groups in total. The topological polar surface area (TPSA) is 80.5 Å². The van der Waals surface area contributed by atoms with Gasteiger partial charge in [0.2, 0.25) is 0 Å². The van der Waals surface area contributed by atoms with E-state index in [9.17, 15) is 4.79 Å². The highest BCUT2D eigenvalue weighted by Gasteiger charge is 2.27. The SMILES string of the molecule is Cn1cccc1-c1cc(C(=O)NC(Cn2ccnc2)C(C)(C)C)[nH]n1. The van der Waals surface area contributed by atoms with Gasteiger partial charge in [0, 0.05) is 32.2 Å². The van der Waals surface area contributed by atoms with Gasteiger partial charge in [-0.15, -0.1) is 0 Å². The van der Waals surface area contributed by atoms with Crippen LogP contribution in [0.1, 0.15) is 31.3 Å². The molecule has 0 aliphatic carbocycles. The van der Waals surface area contributed by atoms with Crippen molar-refractivity contribution in [3.05, 3.63) is 48.8 Å². The highest BCUT2D eigenvalue weighted by molar-refractivity contribution is 5.93. The molecule has 1 unspecified atom stereocenters. The van der Waals surface area contributed by atoms with Crippen LogP contribution in [0.4, 0.5) is 0 Å². The average molecular weight is 340 g/mol. The number of aromatic amines is 1. The van der Waals surface area contributed by atoms with Gasteiger partial charge in [0.05, 0.1) is 18.1 Å². The summed E-state index contributed by atoms with van der Waals surface area (Å²) in [5.41, 5.74) is 2.07. The first-order chi connectivity index (χ1) is 11.8. The molecule has 25 heavy (non-hydrogen) atoms. The van der Waals surface area contributed by atoms with Gasteiger partial charge in [0.25, 0.3) is 5.91 Å². The first-order valence-corrected chi connectivity index (χ1v) is 8.28. The van der Waals surface area contributed by atoms with Crippen LogP contribution >= 0.6 is 0 Å². The minimum atomic E-state index is -0.159. The van der Waals surface area contributed by atoms with Crippen molar-refractivity contribution in [1.82, 2.24) is 29.6 Å². The molecule has 0 fully saturated rings. The molecule has 3 aromatic heterocycles. The molecule has 0 bridgehead atoms. The van der Waals surface area contributed by atoms with E-state index in [0.29, 0.717) is 12.2 Å². The van der Waals surface area contributed by atoms with Crippen molar-refractivity contribution in [3.8, 4) is 11.4 Å². The lowest BCUT2D eigenvalue weighted by atomic mass is 9.86. The molecule has 0 radical (unpaired) electrons. The van der Waals surface area contributed by atoms with Crippen molar-refractivity contribution in [2.24, 2.45) is 12.5 Å². The second kappa shape index (κ2) is 6.58. The predicted molar refractivity (Wildman–Crippen MR) is 95.9 cm³/mol. The van der Waals surface area contributed by atoms with E-state index in [2.05, 4.69) is 41.3 Å². The summed E-state index contributed by atoms with van der Waals surface area (Å²) >= 11 is 0. The van der Waals surface area contributed by atoms with E-state index in [1.54, 1.807) is 18.6 Å². The first kappa shape index (κ1) is 17.0. The minimum Gasteiger partial charge on any atom is -0.349 e. The maximum atomic E-state index is 12.7. The van der Waals surface area contributed by atoms with Gasteiger partial charge in [-0.2, -0.15) is 5.10 Å². The normalized spacial score (nSPS) is 13.0. The van der Waals surface area contributed by atoms with Gasteiger partial charge in [-0.1, -0.05) is 20.8 Å². The molecular formula is C18H24N6O. The molecule has 0 saturated heterocycles. The van der Waals surface area contributed by atoms with Crippen molar-refractivity contribution in [3.63, 3.8) is 0 Å². The maximum absolute atomic E-state index is 12.7. The van der Waals surface area contributed by atoms with E-state index < -0.39 is 0 Å². The van der Waals surface area contributed by atoms with Gasteiger partial charge < -0.3 is 14.5 Å². The highest BCUT2D eigenvalue weighted by Crippen LogP contribution is 2.22. The Bertz CT molecular complexity index is 837. The van der Waals surface area contributed by atoms with Crippen LogP contribution in [-0.4, -0.2) is 36.3 Å². The van der Waals surface area contributed by atoms with Crippen molar-refractivity contribution in [2.45, 2.75) is 33.4 Å². The molecule has 1 atom stereocenters. The fourth-order valence-corrected chi connectivity index (χ4v) is 2.67. The van der Waals surface area contributed by atoms with Crippen LogP contribution < -0.4 is 5.32 Å². The highest BCUT2D eigenvalue weighted by atomic mass is 16.2. The van der Waals surface area contributed by atoms with E-state index in [1.807, 2.05) is 40.7 Å². The first-order valence-electron chi connectivity index (χ1n) is 8.28. The lowest BCUT2D eigenvalue weighted by Crippen LogP contribution is -2.46. The molecule has 3 rings (SSSR count). The number of carbonyl (C=O) groups excluding carboxylic acids is 1. The number of nitrogens with zero attached hydrogens (tertiary/aromatic N) is 4. The number of amides is 1. The van der Waals surface area contributed by atoms with Gasteiger partial charge in [-0.05, 0) is 23.6 Å². The van der Waals surface area contributed by atoms with E-state index in [0.717, 1.165) is 11.4 Å². The Morgan fingerprint density at radius 2 is 2.16 bits per heavy atom. The predicted octanol–water partition coefficient (Wildman–Crippen LogP) is 2.46. The molecular weight excluding hydrogens is 316 g/mol. The average Bonchev–Trinajstić information content (AvgIpc) is 3.25. The van der Waals surface area contributed by atoms with Crippen molar-refractivity contribution >= 4 is 5.91 Å². The zero-order chi connectivity index (χ0) is 18.0. The minimum absolute atomic E-state index is 0.0454. The summed E-state index contributed by atoms with van der Waals surface area (Å²) in [4.78, 5) is 16.8. The summed E-state index contributed by atoms with van der Waals surface area (Å²) in [5, 5.41) is 10.2. The van der Waals surface area contributed by atoms with Crippen LogP contribution in [-0.2, 0) is 13.6 Å². The molecule has 0 aliphatic heterocycles. The summed E-state index contributed by atoms with van der Waals surface area (Å²) < 4.78 is 3.94. The van der Waals surface area contributed by atoms with Crippen LogP contribution in [0, 0.1) is 5.41 Å². The lowest BCUT2D eigenvalue weighted by molar-refractivity contribution is 0.0887. The molecule has 7 heteroatoms. The zero-order valence-corrected chi connectivity index (χ0v) is 15.0. The third-order valence-electron chi connectivity index (χ3n) is 4.33. The van der Waals surface area contributed by atoms with Crippen molar-refractivity contribution < 1.29 is 4.79 Å². The summed E-state index contributed by atoms with van der Waals surface area (Å²) in [5.74, 6) is -0.159. The number of aryl methyl sites for hydroxylation is 1. The van der Waals surface area contributed by atoms with Gasteiger partial charge in [-0.3, -0.25) is 9.89 Å². The smallest absolute Gasteiger partial charge is 0.269 e. The molecule has 0 spiro atoms. The second-order valence-corrected chi connectivity index (χ2v) is 7.32. The Labute approximate surface area is 147 Å². The van der Waals surface area contributed by atoms with Crippen LogP contribution in [0.25, 0.3) is 11.4 Å². The Morgan fingerprint density at radius 1 is 1.36 bits per heavy atom. The van der Waals surface area contributed by atoms with E-state index in [1.165, 1.54) is 0 Å². The van der Waals surface area contributed by atoms with Crippen molar-refractivity contribution in [2.75, 3.05) is 0 Å². The van der Waals surface area contributed by atoms with Gasteiger partial charge >= 0.3 is 0 Å². The van der Waals surface area contributed by atoms with E-state index >= 15 is 0 Å². The molecule has 3 heterocycles. The maximum Gasteiger partial charge on any atom is 0.269 e. The third kappa shape index (κ3) is 3.81. The number of carbonyl (C=O) groups is 1. The summed E-state index contributed by atoms with van der Waals surface area (Å²) in [6, 6.07) is 5.65. The number of aromatic nitrogens is 5. The quantitative estimate of drug-likeness (QED) is 0.749. The molecule has 132 valence electrons. The number of hydrogen-bond donors (Lipinski definition) is 2. The number of H-pyrrole nitrogens is 1. The summed E-state index contributed by atoms with van der Waals surface area (Å²) in [6.45, 7) is 6.99. The van der Waals surface area contributed by atoms with Crippen LogP contribution in [0.5, 0.6) is 0 Å². The molecule has 0 aromatic carbocycles. The number of nitrogens with one attached hydrogen (secondary N) is 2. The number of rotatable bonds is 5. The fraction of sp³-hybridized carbons (Fsp3) is 0.389. The van der Waals surface area contributed by atoms with Crippen LogP contribution in [0.3, 0.4) is 0 Å². The lowest BCUT2D eigenvalue weighted by Gasteiger charge is -2.31. The summed E-state index contributed by atoms with van der Waals surface area (Å²) in [7, 11) is 1.95. The standard InChI is InChI=1S/C18H24N6O/c1-18(2,3)16(11-24-9-7-19-12-24)20-17(25)14-10-13(21-22-14)15-6-5-8-23(15)4/h5-10,12,16H,11H2,1-4H3,(H,20,25)(H,21,22). The van der Waals surface area contributed by atoms with E-state index in [-0.39, 0.29) is 17.4 Å². The summed E-state index contributed by atoms with van der Waals surface area (Å²) in [6.07, 6.45) is 7.34. The largest absolute Gasteiger partial charge is 0.349 e.